The molecule has 1 aliphatic heterocycles. The molecule has 1 aliphatic rings. The third-order valence-corrected chi connectivity index (χ3v) is 4.58. The van der Waals surface area contributed by atoms with Gasteiger partial charge in [0.05, 0.1) is 15.6 Å². The number of sulfonamides is 1. The summed E-state index contributed by atoms with van der Waals surface area (Å²) in [6.45, 7) is 1.48. The van der Waals surface area contributed by atoms with Gasteiger partial charge < -0.3 is 9.64 Å². The van der Waals surface area contributed by atoms with Crippen LogP contribution in [0.3, 0.4) is 0 Å². The third-order valence-electron chi connectivity index (χ3n) is 3.37. The van der Waals surface area contributed by atoms with Gasteiger partial charge in [0.25, 0.3) is 0 Å². The molecule has 2 rings (SSSR count). The van der Waals surface area contributed by atoms with E-state index in [0.29, 0.717) is 11.1 Å². The Kier molecular flexibility index (Phi) is 4.35. The maximum atomic E-state index is 11.3. The first-order chi connectivity index (χ1) is 8.89. The molecule has 1 fully saturated rings. The first-order valence-corrected chi connectivity index (χ1v) is 7.95. The van der Waals surface area contributed by atoms with Crippen LogP contribution in [0, 0.1) is 0 Å². The van der Waals surface area contributed by atoms with E-state index in [4.69, 9.17) is 21.5 Å². The molecule has 2 N–H and O–H groups in total. The quantitative estimate of drug-likeness (QED) is 0.920. The summed E-state index contributed by atoms with van der Waals surface area (Å²) < 4.78 is 27.8. The van der Waals surface area contributed by atoms with E-state index in [1.165, 1.54) is 12.1 Å². The highest BCUT2D eigenvalue weighted by molar-refractivity contribution is 7.89. The summed E-state index contributed by atoms with van der Waals surface area (Å²) in [6.07, 6.45) is 1.87. The van der Waals surface area contributed by atoms with Crippen molar-refractivity contribution in [1.82, 2.24) is 0 Å². The van der Waals surface area contributed by atoms with Gasteiger partial charge in [0.15, 0.2) is 0 Å². The Bertz CT molecular complexity index is 556. The maximum Gasteiger partial charge on any atom is 0.238 e. The van der Waals surface area contributed by atoms with E-state index in [1.54, 1.807) is 6.07 Å². The molecule has 7 heteroatoms. The van der Waals surface area contributed by atoms with Gasteiger partial charge in [-0.05, 0) is 31.0 Å². The van der Waals surface area contributed by atoms with Gasteiger partial charge in [-0.3, -0.25) is 0 Å². The summed E-state index contributed by atoms with van der Waals surface area (Å²) in [6, 6.07) is 4.91. The Balaban J connectivity index is 2.25. The fourth-order valence-corrected chi connectivity index (χ4v) is 3.14. The Morgan fingerprint density at radius 2 is 2.00 bits per heavy atom. The SMILES string of the molecule is CN(c1ccc(S(N)(=O)=O)cc1Cl)C1CCOCC1. The van der Waals surface area contributed by atoms with E-state index in [2.05, 4.69) is 4.90 Å². The van der Waals surface area contributed by atoms with E-state index in [-0.39, 0.29) is 4.90 Å². The predicted molar refractivity (Wildman–Crippen MR) is 75.1 cm³/mol. The molecule has 1 saturated heterocycles. The number of ether oxygens (including phenoxy) is 1. The zero-order valence-electron chi connectivity index (χ0n) is 10.7. The van der Waals surface area contributed by atoms with Gasteiger partial charge in [-0.15, -0.1) is 0 Å². The van der Waals surface area contributed by atoms with Crippen LogP contribution >= 0.6 is 11.6 Å². The fourth-order valence-electron chi connectivity index (χ4n) is 2.22. The molecule has 106 valence electrons. The van der Waals surface area contributed by atoms with Crippen LogP contribution in [0.4, 0.5) is 5.69 Å². The summed E-state index contributed by atoms with van der Waals surface area (Å²) in [7, 11) is -1.76. The molecule has 0 unspecified atom stereocenters. The second-order valence-electron chi connectivity index (χ2n) is 4.61. The average Bonchev–Trinajstić information content (AvgIpc) is 2.38. The lowest BCUT2D eigenvalue weighted by atomic mass is 10.1. The lowest BCUT2D eigenvalue weighted by molar-refractivity contribution is 0.0855. The number of nitrogens with zero attached hydrogens (tertiary/aromatic N) is 1. The van der Waals surface area contributed by atoms with Crippen LogP contribution in [0.25, 0.3) is 0 Å². The molecular formula is C12H17ClN2O3S. The van der Waals surface area contributed by atoms with Gasteiger partial charge in [0.1, 0.15) is 0 Å². The molecule has 1 aromatic carbocycles. The molecule has 0 spiro atoms. The van der Waals surface area contributed by atoms with Crippen LogP contribution in [0.2, 0.25) is 5.02 Å². The number of rotatable bonds is 3. The number of anilines is 1. The standard InChI is InChI=1S/C12H17ClN2O3S/c1-15(9-4-6-18-7-5-9)12-3-2-10(8-11(12)13)19(14,16)17/h2-3,8-9H,4-7H2,1H3,(H2,14,16,17). The number of hydrogen-bond donors (Lipinski definition) is 1. The summed E-state index contributed by atoms with van der Waals surface area (Å²) >= 11 is 6.16. The molecule has 0 saturated carbocycles. The third kappa shape index (κ3) is 3.39. The molecule has 1 aromatic rings. The first kappa shape index (κ1) is 14.6. The topological polar surface area (TPSA) is 72.6 Å². The highest BCUT2D eigenvalue weighted by Gasteiger charge is 2.21. The number of nitrogens with two attached hydrogens (primary N) is 1. The molecule has 0 amide bonds. The number of benzene rings is 1. The highest BCUT2D eigenvalue weighted by atomic mass is 35.5. The monoisotopic (exact) mass is 304 g/mol. The molecule has 0 radical (unpaired) electrons. The zero-order chi connectivity index (χ0) is 14.0. The van der Waals surface area contributed by atoms with Crippen molar-refractivity contribution in [3.05, 3.63) is 23.2 Å². The predicted octanol–water partition coefficient (Wildman–Crippen LogP) is 1.60. The summed E-state index contributed by atoms with van der Waals surface area (Å²) in [5.41, 5.74) is 0.806. The Hall–Kier alpha value is -0.820. The Labute approximate surface area is 118 Å². The van der Waals surface area contributed by atoms with Crippen molar-refractivity contribution in [3.8, 4) is 0 Å². The van der Waals surface area contributed by atoms with Gasteiger partial charge in [0.2, 0.25) is 10.0 Å². The number of primary sulfonamides is 1. The zero-order valence-corrected chi connectivity index (χ0v) is 12.2. The van der Waals surface area contributed by atoms with E-state index >= 15 is 0 Å². The number of hydrogen-bond acceptors (Lipinski definition) is 4. The fraction of sp³-hybridized carbons (Fsp3) is 0.500. The molecule has 1 heterocycles. The average molecular weight is 305 g/mol. The molecule has 0 aromatic heterocycles. The van der Waals surface area contributed by atoms with Crippen LogP contribution in [0.1, 0.15) is 12.8 Å². The van der Waals surface area contributed by atoms with Crippen molar-refractivity contribution in [2.45, 2.75) is 23.8 Å². The van der Waals surface area contributed by atoms with Crippen molar-refractivity contribution in [2.24, 2.45) is 5.14 Å². The van der Waals surface area contributed by atoms with E-state index < -0.39 is 10.0 Å². The lowest BCUT2D eigenvalue weighted by Gasteiger charge is -2.33. The Morgan fingerprint density at radius 1 is 1.37 bits per heavy atom. The van der Waals surface area contributed by atoms with Crippen molar-refractivity contribution in [3.63, 3.8) is 0 Å². The van der Waals surface area contributed by atoms with Gasteiger partial charge in [0, 0.05) is 26.3 Å². The van der Waals surface area contributed by atoms with Crippen LogP contribution in [0.5, 0.6) is 0 Å². The van der Waals surface area contributed by atoms with Crippen LogP contribution < -0.4 is 10.0 Å². The van der Waals surface area contributed by atoms with Crippen LogP contribution in [0.15, 0.2) is 23.1 Å². The van der Waals surface area contributed by atoms with E-state index in [0.717, 1.165) is 31.7 Å². The molecular weight excluding hydrogens is 288 g/mol. The largest absolute Gasteiger partial charge is 0.381 e. The smallest absolute Gasteiger partial charge is 0.238 e. The minimum Gasteiger partial charge on any atom is -0.381 e. The summed E-state index contributed by atoms with van der Waals surface area (Å²) in [4.78, 5) is 2.10. The maximum absolute atomic E-state index is 11.3. The van der Waals surface area contributed by atoms with Gasteiger partial charge >= 0.3 is 0 Å². The minimum absolute atomic E-state index is 0.0293. The van der Waals surface area contributed by atoms with Crippen molar-refractivity contribution in [2.75, 3.05) is 25.2 Å². The Morgan fingerprint density at radius 3 is 2.53 bits per heavy atom. The van der Waals surface area contributed by atoms with Crippen molar-refractivity contribution in [1.29, 1.82) is 0 Å². The minimum atomic E-state index is -3.72. The lowest BCUT2D eigenvalue weighted by Crippen LogP contribution is -2.36. The van der Waals surface area contributed by atoms with Crippen LogP contribution in [-0.2, 0) is 14.8 Å². The highest BCUT2D eigenvalue weighted by Crippen LogP contribution is 2.30. The van der Waals surface area contributed by atoms with Gasteiger partial charge in [-0.25, -0.2) is 13.6 Å². The molecule has 0 bridgehead atoms. The van der Waals surface area contributed by atoms with E-state index in [1.807, 2.05) is 7.05 Å². The molecule has 19 heavy (non-hydrogen) atoms. The second-order valence-corrected chi connectivity index (χ2v) is 6.58. The van der Waals surface area contributed by atoms with Gasteiger partial charge in [-0.2, -0.15) is 0 Å². The second kappa shape index (κ2) is 5.66. The molecule has 5 nitrogen and oxygen atoms in total. The number of halogens is 1. The molecule has 0 aliphatic carbocycles. The van der Waals surface area contributed by atoms with E-state index in [9.17, 15) is 8.42 Å². The summed E-state index contributed by atoms with van der Waals surface area (Å²) in [5.74, 6) is 0. The van der Waals surface area contributed by atoms with Gasteiger partial charge in [-0.1, -0.05) is 11.6 Å². The first-order valence-electron chi connectivity index (χ1n) is 6.02. The summed E-state index contributed by atoms with van der Waals surface area (Å²) in [5, 5.41) is 5.47. The normalized spacial score (nSPS) is 17.4. The van der Waals surface area contributed by atoms with Crippen molar-refractivity contribution < 1.29 is 13.2 Å². The van der Waals surface area contributed by atoms with Crippen LogP contribution in [-0.4, -0.2) is 34.7 Å². The molecule has 0 atom stereocenters. The van der Waals surface area contributed by atoms with Crippen molar-refractivity contribution >= 4 is 27.3 Å².